The van der Waals surface area contributed by atoms with E-state index in [4.69, 9.17) is 4.42 Å². The van der Waals surface area contributed by atoms with E-state index in [9.17, 15) is 0 Å². The summed E-state index contributed by atoms with van der Waals surface area (Å²) in [6, 6.07) is 80.1. The summed E-state index contributed by atoms with van der Waals surface area (Å²) >= 11 is 0. The molecule has 0 unspecified atom stereocenters. The Hall–Kier alpha value is -7.42. The molecule has 0 N–H and O–H groups in total. The molecule has 0 bridgehead atoms. The van der Waals surface area contributed by atoms with Crippen LogP contribution in [0.1, 0.15) is 0 Å². The van der Waals surface area contributed by atoms with Gasteiger partial charge >= 0.3 is 0 Å². The van der Waals surface area contributed by atoms with E-state index >= 15 is 0 Å². The van der Waals surface area contributed by atoms with E-state index in [1.165, 1.54) is 33.4 Å². The number of fused-ring (bicyclic) bond motifs is 3. The molecule has 2 nitrogen and oxygen atoms in total. The van der Waals surface area contributed by atoms with E-state index in [-0.39, 0.29) is 0 Å². The maximum absolute atomic E-state index is 6.53. The van der Waals surface area contributed by atoms with Gasteiger partial charge < -0.3 is 9.32 Å². The maximum Gasteiger partial charge on any atom is 0.143 e. The van der Waals surface area contributed by atoms with E-state index in [0.717, 1.165) is 61.3 Å². The van der Waals surface area contributed by atoms with Crippen LogP contribution in [0.2, 0.25) is 0 Å². The lowest BCUT2D eigenvalue weighted by atomic mass is 9.88. The smallest absolute Gasteiger partial charge is 0.143 e. The SMILES string of the molecule is c1ccc(-c2cccc(N(c3cccc(-c4cccc5c4oc4ccccc45)c3)c3ccccc3-c3ccccc3-c3ccccc3-c3ccccc3)c2)cc1. The molecule has 0 radical (unpaired) electrons. The Morgan fingerprint density at radius 2 is 0.750 bits per heavy atom. The lowest BCUT2D eigenvalue weighted by molar-refractivity contribution is 0.670. The lowest BCUT2D eigenvalue weighted by Gasteiger charge is -2.29. The summed E-state index contributed by atoms with van der Waals surface area (Å²) < 4.78 is 6.53. The van der Waals surface area contributed by atoms with Crippen LogP contribution in [-0.2, 0) is 0 Å². The number of para-hydroxylation sites is 3. The third-order valence-electron chi connectivity index (χ3n) is 10.7. The fourth-order valence-electron chi connectivity index (χ4n) is 8.11. The molecule has 10 aromatic rings. The maximum atomic E-state index is 6.53. The number of nitrogens with zero attached hydrogens (tertiary/aromatic N) is 1. The Bertz CT molecular complexity index is 2980. The molecule has 56 heavy (non-hydrogen) atoms. The average Bonchev–Trinajstić information content (AvgIpc) is 3.67. The Kier molecular flexibility index (Phi) is 8.55. The first-order chi connectivity index (χ1) is 27.8. The molecule has 0 fully saturated rings. The molecule has 0 spiro atoms. The molecule has 1 heterocycles. The van der Waals surface area contributed by atoms with Gasteiger partial charge in [0.25, 0.3) is 0 Å². The predicted octanol–water partition coefficient (Wildman–Crippen LogP) is 15.4. The normalized spacial score (nSPS) is 11.2. The summed E-state index contributed by atoms with van der Waals surface area (Å²) in [6.45, 7) is 0. The van der Waals surface area contributed by atoms with Crippen molar-refractivity contribution in [2.45, 2.75) is 0 Å². The van der Waals surface area contributed by atoms with Crippen LogP contribution in [-0.4, -0.2) is 0 Å². The molecule has 2 heteroatoms. The lowest BCUT2D eigenvalue weighted by Crippen LogP contribution is -2.11. The van der Waals surface area contributed by atoms with Crippen molar-refractivity contribution in [3.63, 3.8) is 0 Å². The van der Waals surface area contributed by atoms with Crippen LogP contribution in [0.25, 0.3) is 77.6 Å². The first-order valence-electron chi connectivity index (χ1n) is 19.1. The number of hydrogen-bond acceptors (Lipinski definition) is 2. The van der Waals surface area contributed by atoms with Gasteiger partial charge in [0, 0.05) is 33.3 Å². The standard InChI is InChI=1S/C54H37NO/c1-3-18-38(19-4-1)40-22-15-24-42(36-40)55(43-25-16-23-41(37-43)45-32-17-33-51-50-31-12-14-35-53(50)56-54(45)51)52-34-13-11-30-49(52)48-29-10-9-28-47(48)46-27-8-7-26-44(46)39-20-5-2-6-21-39/h1-37H. The molecule has 0 atom stereocenters. The second kappa shape index (κ2) is 14.4. The number of benzene rings is 9. The minimum atomic E-state index is 0.895. The van der Waals surface area contributed by atoms with Crippen molar-refractivity contribution in [3.05, 3.63) is 224 Å². The quantitative estimate of drug-likeness (QED) is 0.156. The third-order valence-corrected chi connectivity index (χ3v) is 10.7. The van der Waals surface area contributed by atoms with E-state index in [2.05, 4.69) is 217 Å². The Balaban J connectivity index is 1.18. The van der Waals surface area contributed by atoms with Crippen molar-refractivity contribution in [2.75, 3.05) is 4.90 Å². The first-order valence-corrected chi connectivity index (χ1v) is 19.1. The number of hydrogen-bond donors (Lipinski definition) is 0. The van der Waals surface area contributed by atoms with Crippen LogP contribution in [0.5, 0.6) is 0 Å². The highest BCUT2D eigenvalue weighted by molar-refractivity contribution is 6.09. The van der Waals surface area contributed by atoms with Gasteiger partial charge in [0.05, 0.1) is 5.69 Å². The predicted molar refractivity (Wildman–Crippen MR) is 236 cm³/mol. The van der Waals surface area contributed by atoms with Gasteiger partial charge in [0.1, 0.15) is 11.2 Å². The second-order valence-electron chi connectivity index (χ2n) is 14.1. The molecule has 0 aliphatic heterocycles. The zero-order chi connectivity index (χ0) is 37.3. The average molecular weight is 716 g/mol. The summed E-state index contributed by atoms with van der Waals surface area (Å²) in [5.41, 5.74) is 16.6. The molecule has 10 rings (SSSR count). The molecule has 1 aromatic heterocycles. The Morgan fingerprint density at radius 1 is 0.286 bits per heavy atom. The zero-order valence-electron chi connectivity index (χ0n) is 30.7. The molecular formula is C54H37NO. The zero-order valence-corrected chi connectivity index (χ0v) is 30.7. The van der Waals surface area contributed by atoms with Gasteiger partial charge in [-0.25, -0.2) is 0 Å². The molecule has 0 saturated carbocycles. The number of furan rings is 1. The molecule has 0 aliphatic carbocycles. The third kappa shape index (κ3) is 6.04. The van der Waals surface area contributed by atoms with Crippen molar-refractivity contribution in [1.82, 2.24) is 0 Å². The van der Waals surface area contributed by atoms with Crippen LogP contribution < -0.4 is 4.90 Å². The van der Waals surface area contributed by atoms with Gasteiger partial charge in [-0.1, -0.05) is 188 Å². The minimum Gasteiger partial charge on any atom is -0.455 e. The van der Waals surface area contributed by atoms with Gasteiger partial charge in [0.15, 0.2) is 0 Å². The van der Waals surface area contributed by atoms with Crippen LogP contribution in [0.15, 0.2) is 229 Å². The van der Waals surface area contributed by atoms with Crippen molar-refractivity contribution in [3.8, 4) is 55.6 Å². The molecule has 0 saturated heterocycles. The van der Waals surface area contributed by atoms with Crippen LogP contribution >= 0.6 is 0 Å². The highest BCUT2D eigenvalue weighted by Crippen LogP contribution is 2.46. The van der Waals surface area contributed by atoms with Gasteiger partial charge in [-0.3, -0.25) is 0 Å². The van der Waals surface area contributed by atoms with E-state index < -0.39 is 0 Å². The van der Waals surface area contributed by atoms with Crippen LogP contribution in [0.3, 0.4) is 0 Å². The summed E-state index contributed by atoms with van der Waals surface area (Å²) in [5, 5.41) is 2.25. The molecule has 0 aliphatic rings. The van der Waals surface area contributed by atoms with E-state index in [0.29, 0.717) is 0 Å². The Morgan fingerprint density at radius 3 is 1.48 bits per heavy atom. The second-order valence-corrected chi connectivity index (χ2v) is 14.1. The van der Waals surface area contributed by atoms with Crippen molar-refractivity contribution in [2.24, 2.45) is 0 Å². The summed E-state index contributed by atoms with van der Waals surface area (Å²) in [6.07, 6.45) is 0. The van der Waals surface area contributed by atoms with Crippen molar-refractivity contribution in [1.29, 1.82) is 0 Å². The minimum absolute atomic E-state index is 0.895. The highest BCUT2D eigenvalue weighted by Gasteiger charge is 2.21. The fourth-order valence-corrected chi connectivity index (χ4v) is 8.11. The molecule has 0 amide bonds. The summed E-state index contributed by atoms with van der Waals surface area (Å²) in [4.78, 5) is 2.41. The summed E-state index contributed by atoms with van der Waals surface area (Å²) in [5.74, 6) is 0. The van der Waals surface area contributed by atoms with Crippen molar-refractivity contribution < 1.29 is 4.42 Å². The first kappa shape index (κ1) is 33.2. The molecular weight excluding hydrogens is 679 g/mol. The fraction of sp³-hybridized carbons (Fsp3) is 0. The van der Waals surface area contributed by atoms with Gasteiger partial charge in [-0.15, -0.1) is 0 Å². The van der Waals surface area contributed by atoms with Gasteiger partial charge in [0.2, 0.25) is 0 Å². The van der Waals surface area contributed by atoms with Crippen molar-refractivity contribution >= 4 is 39.0 Å². The van der Waals surface area contributed by atoms with Crippen LogP contribution in [0, 0.1) is 0 Å². The molecule has 264 valence electrons. The van der Waals surface area contributed by atoms with E-state index in [1.54, 1.807) is 0 Å². The summed E-state index contributed by atoms with van der Waals surface area (Å²) in [7, 11) is 0. The molecule has 9 aromatic carbocycles. The van der Waals surface area contributed by atoms with Crippen LogP contribution in [0.4, 0.5) is 17.1 Å². The van der Waals surface area contributed by atoms with Gasteiger partial charge in [-0.2, -0.15) is 0 Å². The Labute approximate surface area is 327 Å². The van der Waals surface area contributed by atoms with Gasteiger partial charge in [-0.05, 0) is 80.9 Å². The largest absolute Gasteiger partial charge is 0.455 e. The highest BCUT2D eigenvalue weighted by atomic mass is 16.3. The number of anilines is 3. The topological polar surface area (TPSA) is 16.4 Å². The number of rotatable bonds is 8. The van der Waals surface area contributed by atoms with E-state index in [1.807, 2.05) is 12.1 Å². The monoisotopic (exact) mass is 715 g/mol.